The highest BCUT2D eigenvalue weighted by Gasteiger charge is 2.30. The molecular formula is C21H28F3N3O3. The molecule has 1 heterocycles. The predicted octanol–water partition coefficient (Wildman–Crippen LogP) is 4.32. The van der Waals surface area contributed by atoms with Crippen LogP contribution in [0.15, 0.2) is 24.3 Å². The summed E-state index contributed by atoms with van der Waals surface area (Å²) in [6, 6.07) is 5.34. The molecule has 1 aliphatic carbocycles. The molecule has 0 unspecified atom stereocenters. The van der Waals surface area contributed by atoms with Crippen molar-refractivity contribution in [3.05, 3.63) is 24.3 Å². The van der Waals surface area contributed by atoms with Crippen molar-refractivity contribution in [3.63, 3.8) is 0 Å². The summed E-state index contributed by atoms with van der Waals surface area (Å²) in [5.41, 5.74) is 0.345. The van der Waals surface area contributed by atoms with E-state index in [-0.39, 0.29) is 23.6 Å². The lowest BCUT2D eigenvalue weighted by molar-refractivity contribution is -0.153. The zero-order valence-corrected chi connectivity index (χ0v) is 16.8. The number of rotatable bonds is 5. The second-order valence-corrected chi connectivity index (χ2v) is 7.96. The van der Waals surface area contributed by atoms with Crippen molar-refractivity contribution < 1.29 is 27.5 Å². The number of nitrogens with one attached hydrogen (secondary N) is 2. The monoisotopic (exact) mass is 427 g/mol. The van der Waals surface area contributed by atoms with Crippen LogP contribution >= 0.6 is 0 Å². The van der Waals surface area contributed by atoms with E-state index in [2.05, 4.69) is 10.6 Å². The molecule has 1 aromatic carbocycles. The van der Waals surface area contributed by atoms with E-state index in [1.165, 1.54) is 24.6 Å². The quantitative estimate of drug-likeness (QED) is 0.735. The molecule has 3 amide bonds. The van der Waals surface area contributed by atoms with Crippen molar-refractivity contribution in [3.8, 4) is 5.75 Å². The maximum atomic E-state index is 12.6. The van der Waals surface area contributed by atoms with Crippen molar-refractivity contribution in [1.29, 1.82) is 0 Å². The van der Waals surface area contributed by atoms with Gasteiger partial charge >= 0.3 is 12.2 Å². The van der Waals surface area contributed by atoms with Crippen LogP contribution in [0.1, 0.15) is 44.9 Å². The van der Waals surface area contributed by atoms with Crippen LogP contribution < -0.4 is 15.4 Å². The summed E-state index contributed by atoms with van der Waals surface area (Å²) in [6.07, 6.45) is 2.35. The van der Waals surface area contributed by atoms with Crippen LogP contribution in [0.4, 0.5) is 23.7 Å². The van der Waals surface area contributed by atoms with Crippen LogP contribution in [0.3, 0.4) is 0 Å². The van der Waals surface area contributed by atoms with Gasteiger partial charge in [0.1, 0.15) is 5.75 Å². The Labute approximate surface area is 174 Å². The molecule has 9 heteroatoms. The number of nitrogens with zero attached hydrogens (tertiary/aromatic N) is 1. The summed E-state index contributed by atoms with van der Waals surface area (Å²) in [7, 11) is 0. The summed E-state index contributed by atoms with van der Waals surface area (Å²) in [6.45, 7) is -0.136. The molecule has 0 bridgehead atoms. The van der Waals surface area contributed by atoms with Crippen molar-refractivity contribution in [2.24, 2.45) is 5.92 Å². The molecule has 2 aliphatic rings. The first-order valence-electron chi connectivity index (χ1n) is 10.5. The van der Waals surface area contributed by atoms with Crippen molar-refractivity contribution in [2.75, 3.05) is 25.0 Å². The van der Waals surface area contributed by atoms with Gasteiger partial charge in [0, 0.05) is 36.8 Å². The van der Waals surface area contributed by atoms with E-state index in [1.54, 1.807) is 6.07 Å². The Morgan fingerprint density at radius 2 is 1.77 bits per heavy atom. The highest BCUT2D eigenvalue weighted by molar-refractivity contribution is 5.89. The number of hydrogen-bond donors (Lipinski definition) is 2. The maximum Gasteiger partial charge on any atom is 0.422 e. The zero-order chi connectivity index (χ0) is 21.6. The van der Waals surface area contributed by atoms with Crippen LogP contribution in [-0.2, 0) is 4.79 Å². The molecule has 3 rings (SSSR count). The van der Waals surface area contributed by atoms with Crippen LogP contribution in [-0.4, -0.2) is 48.8 Å². The Hall–Kier alpha value is -2.45. The normalized spacial score (nSPS) is 18.7. The summed E-state index contributed by atoms with van der Waals surface area (Å²) < 4.78 is 41.5. The summed E-state index contributed by atoms with van der Waals surface area (Å²) in [4.78, 5) is 26.8. The number of piperidine rings is 1. The zero-order valence-electron chi connectivity index (χ0n) is 16.8. The lowest BCUT2D eigenvalue weighted by atomic mass is 9.87. The minimum atomic E-state index is -4.42. The number of hydrogen-bond acceptors (Lipinski definition) is 3. The number of carbonyl (C=O) groups excluding carboxylic acids is 2. The molecule has 1 aromatic rings. The third-order valence-electron chi connectivity index (χ3n) is 5.59. The average molecular weight is 427 g/mol. The van der Waals surface area contributed by atoms with Crippen LogP contribution in [0.5, 0.6) is 5.75 Å². The summed E-state index contributed by atoms with van der Waals surface area (Å²) >= 11 is 0. The Kier molecular flexibility index (Phi) is 7.44. The number of likely N-dealkylation sites (tertiary alicyclic amines) is 1. The fourth-order valence-corrected chi connectivity index (χ4v) is 4.03. The van der Waals surface area contributed by atoms with Gasteiger partial charge in [-0.3, -0.25) is 4.79 Å². The number of halogens is 3. The summed E-state index contributed by atoms with van der Waals surface area (Å²) in [5.74, 6) is 0.423. The van der Waals surface area contributed by atoms with Gasteiger partial charge in [-0.05, 0) is 37.8 Å². The molecule has 1 saturated carbocycles. The number of amides is 3. The topological polar surface area (TPSA) is 70.7 Å². The Morgan fingerprint density at radius 3 is 2.43 bits per heavy atom. The van der Waals surface area contributed by atoms with Crippen LogP contribution in [0.2, 0.25) is 0 Å². The number of anilines is 1. The first-order valence-corrected chi connectivity index (χ1v) is 10.5. The number of ether oxygens (including phenoxy) is 1. The predicted molar refractivity (Wildman–Crippen MR) is 106 cm³/mol. The molecule has 0 aromatic heterocycles. The first kappa shape index (κ1) is 22.2. The number of alkyl halides is 3. The molecule has 30 heavy (non-hydrogen) atoms. The van der Waals surface area contributed by atoms with E-state index in [1.807, 2.05) is 4.90 Å². The molecule has 6 nitrogen and oxygen atoms in total. The van der Waals surface area contributed by atoms with E-state index in [0.29, 0.717) is 31.6 Å². The maximum absolute atomic E-state index is 12.6. The van der Waals surface area contributed by atoms with Crippen LogP contribution in [0, 0.1) is 5.92 Å². The molecule has 2 fully saturated rings. The second-order valence-electron chi connectivity index (χ2n) is 7.96. The van der Waals surface area contributed by atoms with Gasteiger partial charge in [-0.1, -0.05) is 25.3 Å². The number of urea groups is 1. The Bertz CT molecular complexity index is 728. The van der Waals surface area contributed by atoms with Gasteiger partial charge in [-0.2, -0.15) is 13.2 Å². The number of benzene rings is 1. The molecule has 0 spiro atoms. The summed E-state index contributed by atoms with van der Waals surface area (Å²) in [5, 5.41) is 5.49. The lowest BCUT2D eigenvalue weighted by Gasteiger charge is -2.35. The van der Waals surface area contributed by atoms with Gasteiger partial charge in [-0.15, -0.1) is 0 Å². The lowest BCUT2D eigenvalue weighted by Crippen LogP contribution is -2.49. The molecule has 0 radical (unpaired) electrons. The highest BCUT2D eigenvalue weighted by Crippen LogP contribution is 2.27. The molecular weight excluding hydrogens is 399 g/mol. The number of carbonyl (C=O) groups is 2. The largest absolute Gasteiger partial charge is 0.484 e. The minimum absolute atomic E-state index is 0.0275. The van der Waals surface area contributed by atoms with Crippen molar-refractivity contribution in [1.82, 2.24) is 10.2 Å². The van der Waals surface area contributed by atoms with E-state index < -0.39 is 18.8 Å². The SMILES string of the molecule is O=C(Nc1cccc(OCC(F)(F)F)c1)NC1CCN(C(=O)C2CCCCC2)CC1. The Morgan fingerprint density at radius 1 is 1.07 bits per heavy atom. The highest BCUT2D eigenvalue weighted by atomic mass is 19.4. The molecule has 1 aliphatic heterocycles. The van der Waals surface area contributed by atoms with E-state index in [9.17, 15) is 22.8 Å². The van der Waals surface area contributed by atoms with Gasteiger partial charge in [0.2, 0.25) is 5.91 Å². The van der Waals surface area contributed by atoms with Crippen LogP contribution in [0.25, 0.3) is 0 Å². The third kappa shape index (κ3) is 6.81. The van der Waals surface area contributed by atoms with Gasteiger partial charge in [0.25, 0.3) is 0 Å². The van der Waals surface area contributed by atoms with E-state index in [0.717, 1.165) is 25.7 Å². The molecule has 166 valence electrons. The van der Waals surface area contributed by atoms with Crippen molar-refractivity contribution >= 4 is 17.6 Å². The third-order valence-corrected chi connectivity index (χ3v) is 5.59. The average Bonchev–Trinajstić information content (AvgIpc) is 2.73. The van der Waals surface area contributed by atoms with Gasteiger partial charge in [0.15, 0.2) is 6.61 Å². The van der Waals surface area contributed by atoms with Gasteiger partial charge < -0.3 is 20.3 Å². The second kappa shape index (κ2) is 10.0. The minimum Gasteiger partial charge on any atom is -0.484 e. The van der Waals surface area contributed by atoms with E-state index in [4.69, 9.17) is 4.74 Å². The standard InChI is InChI=1S/C21H28F3N3O3/c22-21(23,24)14-30-18-8-4-7-17(13-18)26-20(29)25-16-9-11-27(12-10-16)19(28)15-5-2-1-3-6-15/h4,7-8,13,15-16H,1-3,5-6,9-12,14H2,(H2,25,26,29). The fraction of sp³-hybridized carbons (Fsp3) is 0.619. The van der Waals surface area contributed by atoms with Gasteiger partial charge in [0.05, 0.1) is 0 Å². The Balaban J connectivity index is 1.42. The molecule has 2 N–H and O–H groups in total. The molecule has 0 atom stereocenters. The van der Waals surface area contributed by atoms with E-state index >= 15 is 0 Å². The first-order chi connectivity index (χ1) is 14.3. The van der Waals surface area contributed by atoms with Crippen molar-refractivity contribution in [2.45, 2.75) is 57.2 Å². The van der Waals surface area contributed by atoms with Gasteiger partial charge in [-0.25, -0.2) is 4.79 Å². The molecule has 1 saturated heterocycles. The smallest absolute Gasteiger partial charge is 0.422 e. The fourth-order valence-electron chi connectivity index (χ4n) is 4.03.